The van der Waals surface area contributed by atoms with E-state index in [1.165, 1.54) is 4.90 Å². The van der Waals surface area contributed by atoms with Crippen molar-refractivity contribution >= 4 is 27.5 Å². The molecule has 1 atom stereocenters. The third-order valence-corrected chi connectivity index (χ3v) is 6.83. The molecule has 3 rings (SSSR count). The molecule has 0 fully saturated rings. The van der Waals surface area contributed by atoms with Gasteiger partial charge in [0.15, 0.2) is 0 Å². The Labute approximate surface area is 220 Å². The highest BCUT2D eigenvalue weighted by atomic mass is 32.2. The molecule has 0 saturated heterocycles. The molecule has 1 N–H and O–H groups in total. The first-order valence-corrected chi connectivity index (χ1v) is 14.0. The monoisotopic (exact) mass is 521 g/mol. The average molecular weight is 522 g/mol. The van der Waals surface area contributed by atoms with E-state index in [0.29, 0.717) is 5.69 Å². The van der Waals surface area contributed by atoms with Gasteiger partial charge in [-0.25, -0.2) is 8.42 Å². The molecule has 0 radical (unpaired) electrons. The number of carbonyl (C=O) groups is 2. The van der Waals surface area contributed by atoms with Crippen LogP contribution in [0, 0.1) is 0 Å². The van der Waals surface area contributed by atoms with E-state index in [2.05, 4.69) is 5.32 Å². The number of para-hydroxylation sites is 1. The zero-order valence-electron chi connectivity index (χ0n) is 21.8. The predicted octanol–water partition coefficient (Wildman–Crippen LogP) is 4.01. The highest BCUT2D eigenvalue weighted by molar-refractivity contribution is 7.92. The van der Waals surface area contributed by atoms with E-state index in [1.807, 2.05) is 81.4 Å². The van der Waals surface area contributed by atoms with Crippen molar-refractivity contribution in [1.29, 1.82) is 0 Å². The van der Waals surface area contributed by atoms with Gasteiger partial charge in [-0.3, -0.25) is 13.9 Å². The van der Waals surface area contributed by atoms with Crippen LogP contribution >= 0.6 is 0 Å². The molecule has 0 saturated carbocycles. The summed E-state index contributed by atoms with van der Waals surface area (Å²) in [5, 5.41) is 3.01. The van der Waals surface area contributed by atoms with Crippen LogP contribution in [-0.2, 0) is 32.6 Å². The molecule has 1 unspecified atom stereocenters. The second-order valence-corrected chi connectivity index (χ2v) is 12.0. The second kappa shape index (κ2) is 12.1. The predicted molar refractivity (Wildman–Crippen MR) is 147 cm³/mol. The van der Waals surface area contributed by atoms with Gasteiger partial charge < -0.3 is 10.2 Å². The normalized spacial score (nSPS) is 12.4. The SMILES string of the molecule is CC(C)(C)NC(=O)C(Cc1ccccc1)N(Cc1ccccc1)C(=O)CN(c1ccccc1)S(C)(=O)=O. The van der Waals surface area contributed by atoms with Crippen LogP contribution < -0.4 is 9.62 Å². The molecule has 0 aromatic heterocycles. The Bertz CT molecular complexity index is 1270. The van der Waals surface area contributed by atoms with Crippen molar-refractivity contribution in [3.05, 3.63) is 102 Å². The first-order valence-electron chi connectivity index (χ1n) is 12.2. The molecular formula is C29H35N3O4S. The zero-order valence-corrected chi connectivity index (χ0v) is 22.6. The first kappa shape index (κ1) is 27.9. The summed E-state index contributed by atoms with van der Waals surface area (Å²) < 4.78 is 26.5. The van der Waals surface area contributed by atoms with Gasteiger partial charge in [0.1, 0.15) is 12.6 Å². The number of benzene rings is 3. The van der Waals surface area contributed by atoms with Gasteiger partial charge in [0.05, 0.1) is 11.9 Å². The fourth-order valence-corrected chi connectivity index (χ4v) is 4.84. The molecule has 0 aliphatic rings. The minimum absolute atomic E-state index is 0.154. The largest absolute Gasteiger partial charge is 0.350 e. The quantitative estimate of drug-likeness (QED) is 0.437. The van der Waals surface area contributed by atoms with Crippen molar-refractivity contribution in [2.75, 3.05) is 17.1 Å². The maximum absolute atomic E-state index is 13.9. The molecule has 3 aromatic carbocycles. The number of nitrogens with one attached hydrogen (secondary N) is 1. The van der Waals surface area contributed by atoms with Crippen LogP contribution in [-0.4, -0.2) is 49.5 Å². The summed E-state index contributed by atoms with van der Waals surface area (Å²) in [5.41, 5.74) is 1.60. The first-order chi connectivity index (χ1) is 17.4. The molecule has 0 aliphatic heterocycles. The van der Waals surface area contributed by atoms with E-state index >= 15 is 0 Å². The summed E-state index contributed by atoms with van der Waals surface area (Å²) in [4.78, 5) is 29.0. The topological polar surface area (TPSA) is 86.8 Å². The van der Waals surface area contributed by atoms with Crippen molar-refractivity contribution in [1.82, 2.24) is 10.2 Å². The van der Waals surface area contributed by atoms with Crippen molar-refractivity contribution in [2.45, 2.75) is 45.3 Å². The highest BCUT2D eigenvalue weighted by Gasteiger charge is 2.34. The van der Waals surface area contributed by atoms with Gasteiger partial charge in [-0.1, -0.05) is 78.9 Å². The lowest BCUT2D eigenvalue weighted by molar-refractivity contribution is -0.140. The van der Waals surface area contributed by atoms with Crippen molar-refractivity contribution < 1.29 is 18.0 Å². The third kappa shape index (κ3) is 8.46. The number of nitrogens with zero attached hydrogens (tertiary/aromatic N) is 2. The zero-order chi connectivity index (χ0) is 27.1. The smallest absolute Gasteiger partial charge is 0.244 e. The van der Waals surface area contributed by atoms with Gasteiger partial charge >= 0.3 is 0 Å². The van der Waals surface area contributed by atoms with E-state index in [4.69, 9.17) is 0 Å². The van der Waals surface area contributed by atoms with Crippen LogP contribution in [0.2, 0.25) is 0 Å². The number of anilines is 1. The van der Waals surface area contributed by atoms with E-state index in [9.17, 15) is 18.0 Å². The van der Waals surface area contributed by atoms with Crippen LogP contribution in [0.3, 0.4) is 0 Å². The lowest BCUT2D eigenvalue weighted by atomic mass is 10.0. The summed E-state index contributed by atoms with van der Waals surface area (Å²) in [6.07, 6.45) is 1.36. The van der Waals surface area contributed by atoms with E-state index in [-0.39, 0.29) is 18.9 Å². The van der Waals surface area contributed by atoms with Gasteiger partial charge in [-0.2, -0.15) is 0 Å². The fraction of sp³-hybridized carbons (Fsp3) is 0.310. The minimum Gasteiger partial charge on any atom is -0.350 e. The Morgan fingerprint density at radius 3 is 1.78 bits per heavy atom. The Hall–Kier alpha value is -3.65. The highest BCUT2D eigenvalue weighted by Crippen LogP contribution is 2.20. The third-order valence-electron chi connectivity index (χ3n) is 5.69. The van der Waals surface area contributed by atoms with Crippen LogP contribution in [0.4, 0.5) is 5.69 Å². The number of carbonyl (C=O) groups excluding carboxylic acids is 2. The van der Waals surface area contributed by atoms with E-state index < -0.39 is 34.1 Å². The molecular weight excluding hydrogens is 486 g/mol. The Balaban J connectivity index is 2.04. The van der Waals surface area contributed by atoms with Crippen molar-refractivity contribution in [2.24, 2.45) is 0 Å². The number of hydrogen-bond acceptors (Lipinski definition) is 4. The number of rotatable bonds is 10. The summed E-state index contributed by atoms with van der Waals surface area (Å²) in [6.45, 7) is 5.38. The molecule has 196 valence electrons. The molecule has 2 amide bonds. The van der Waals surface area contributed by atoms with Gasteiger partial charge in [0.2, 0.25) is 21.8 Å². The Morgan fingerprint density at radius 2 is 1.30 bits per heavy atom. The standard InChI is InChI=1S/C29H35N3O4S/c1-29(2,3)30-28(34)26(20-23-14-8-5-9-15-23)31(21-24-16-10-6-11-17-24)27(33)22-32(37(4,35)36)25-18-12-7-13-19-25/h5-19,26H,20-22H2,1-4H3,(H,30,34). The lowest BCUT2D eigenvalue weighted by Gasteiger charge is -2.35. The van der Waals surface area contributed by atoms with E-state index in [0.717, 1.165) is 21.7 Å². The van der Waals surface area contributed by atoms with Crippen LogP contribution in [0.25, 0.3) is 0 Å². The summed E-state index contributed by atoms with van der Waals surface area (Å²) >= 11 is 0. The number of amides is 2. The molecule has 7 nitrogen and oxygen atoms in total. The summed E-state index contributed by atoms with van der Waals surface area (Å²) in [7, 11) is -3.77. The molecule has 8 heteroatoms. The van der Waals surface area contributed by atoms with Gasteiger partial charge in [0.25, 0.3) is 0 Å². The molecule has 0 bridgehead atoms. The summed E-state index contributed by atoms with van der Waals surface area (Å²) in [6, 6.07) is 26.5. The lowest BCUT2D eigenvalue weighted by Crippen LogP contribution is -2.56. The Morgan fingerprint density at radius 1 is 0.811 bits per heavy atom. The van der Waals surface area contributed by atoms with Crippen LogP contribution in [0.1, 0.15) is 31.9 Å². The molecule has 0 aliphatic carbocycles. The van der Waals surface area contributed by atoms with Crippen LogP contribution in [0.15, 0.2) is 91.0 Å². The maximum atomic E-state index is 13.9. The molecule has 3 aromatic rings. The Kier molecular flexibility index (Phi) is 9.10. The molecule has 0 heterocycles. The molecule has 37 heavy (non-hydrogen) atoms. The summed E-state index contributed by atoms with van der Waals surface area (Å²) in [5.74, 6) is -0.769. The number of sulfonamides is 1. The van der Waals surface area contributed by atoms with Gasteiger partial charge in [-0.15, -0.1) is 0 Å². The van der Waals surface area contributed by atoms with Crippen LogP contribution in [0.5, 0.6) is 0 Å². The second-order valence-electron chi connectivity index (χ2n) is 10.1. The van der Waals surface area contributed by atoms with Crippen molar-refractivity contribution in [3.63, 3.8) is 0 Å². The van der Waals surface area contributed by atoms with Gasteiger partial charge in [0, 0.05) is 18.5 Å². The number of hydrogen-bond donors (Lipinski definition) is 1. The average Bonchev–Trinajstić information content (AvgIpc) is 2.84. The maximum Gasteiger partial charge on any atom is 0.244 e. The molecule has 0 spiro atoms. The fourth-order valence-electron chi connectivity index (χ4n) is 3.99. The minimum atomic E-state index is -3.77. The van der Waals surface area contributed by atoms with Crippen molar-refractivity contribution in [3.8, 4) is 0 Å². The van der Waals surface area contributed by atoms with E-state index in [1.54, 1.807) is 30.3 Å². The van der Waals surface area contributed by atoms with Gasteiger partial charge in [-0.05, 0) is 44.0 Å².